The second-order valence-corrected chi connectivity index (χ2v) is 4.12. The molecule has 0 aromatic carbocycles. The summed E-state index contributed by atoms with van der Waals surface area (Å²) < 4.78 is 4.83. The van der Waals surface area contributed by atoms with E-state index in [1.165, 1.54) is 0 Å². The van der Waals surface area contributed by atoms with Gasteiger partial charge >= 0.3 is 5.97 Å². The molecule has 0 rings (SSSR count). The highest BCUT2D eigenvalue weighted by Crippen LogP contribution is 2.19. The lowest BCUT2D eigenvalue weighted by Crippen LogP contribution is -2.31. The summed E-state index contributed by atoms with van der Waals surface area (Å²) >= 11 is 5.26. The van der Waals surface area contributed by atoms with E-state index >= 15 is 0 Å². The lowest BCUT2D eigenvalue weighted by Gasteiger charge is -2.22. The second kappa shape index (κ2) is 6.02. The number of ketones is 1. The summed E-state index contributed by atoms with van der Waals surface area (Å²) in [4.78, 5) is 22.3. The van der Waals surface area contributed by atoms with Crippen LogP contribution in [0.5, 0.6) is 0 Å². The second-order valence-electron chi connectivity index (χ2n) is 3.85. The zero-order valence-electron chi connectivity index (χ0n) is 8.93. The van der Waals surface area contributed by atoms with Crippen molar-refractivity contribution in [2.75, 3.05) is 12.5 Å². The number of halogens is 1. The van der Waals surface area contributed by atoms with Crippen molar-refractivity contribution in [1.82, 2.24) is 0 Å². The fraction of sp³-hybridized carbons (Fsp3) is 0.800. The maximum Gasteiger partial charge on any atom is 0.320 e. The van der Waals surface area contributed by atoms with Gasteiger partial charge in [0.25, 0.3) is 0 Å². The van der Waals surface area contributed by atoms with Crippen LogP contribution in [0.3, 0.4) is 0 Å². The first kappa shape index (κ1) is 13.4. The Morgan fingerprint density at radius 2 is 1.93 bits per heavy atom. The SMILES string of the molecule is CCCC(=O)C(C)(C)COC(=O)CCl. The Morgan fingerprint density at radius 3 is 2.36 bits per heavy atom. The first-order valence-electron chi connectivity index (χ1n) is 4.69. The average molecular weight is 221 g/mol. The molecular weight excluding hydrogens is 204 g/mol. The summed E-state index contributed by atoms with van der Waals surface area (Å²) in [6, 6.07) is 0. The normalized spacial score (nSPS) is 11.1. The Labute approximate surface area is 89.8 Å². The quantitative estimate of drug-likeness (QED) is 0.509. The zero-order chi connectivity index (χ0) is 11.2. The molecule has 0 saturated heterocycles. The molecule has 0 fully saturated rings. The van der Waals surface area contributed by atoms with Crippen molar-refractivity contribution in [2.24, 2.45) is 5.41 Å². The molecule has 82 valence electrons. The van der Waals surface area contributed by atoms with Crippen LogP contribution in [0.15, 0.2) is 0 Å². The third kappa shape index (κ3) is 4.61. The summed E-state index contributed by atoms with van der Waals surface area (Å²) in [6.45, 7) is 5.59. The van der Waals surface area contributed by atoms with E-state index in [9.17, 15) is 9.59 Å². The maximum atomic E-state index is 11.5. The van der Waals surface area contributed by atoms with Crippen LogP contribution in [0.2, 0.25) is 0 Å². The molecule has 0 aliphatic carbocycles. The van der Waals surface area contributed by atoms with Crippen LogP contribution in [0, 0.1) is 5.41 Å². The van der Waals surface area contributed by atoms with Gasteiger partial charge in [0.05, 0.1) is 5.41 Å². The molecule has 0 aliphatic heterocycles. The molecule has 0 bridgehead atoms. The van der Waals surface area contributed by atoms with Crippen molar-refractivity contribution >= 4 is 23.4 Å². The lowest BCUT2D eigenvalue weighted by molar-refractivity contribution is -0.146. The predicted molar refractivity (Wildman–Crippen MR) is 55.4 cm³/mol. The third-order valence-corrected chi connectivity index (χ3v) is 2.15. The van der Waals surface area contributed by atoms with E-state index in [4.69, 9.17) is 16.3 Å². The highest BCUT2D eigenvalue weighted by atomic mass is 35.5. The van der Waals surface area contributed by atoms with Crippen molar-refractivity contribution in [3.8, 4) is 0 Å². The van der Waals surface area contributed by atoms with Crippen LogP contribution in [0.4, 0.5) is 0 Å². The van der Waals surface area contributed by atoms with Crippen molar-refractivity contribution < 1.29 is 14.3 Å². The molecule has 0 radical (unpaired) electrons. The Bertz CT molecular complexity index is 211. The van der Waals surface area contributed by atoms with Crippen molar-refractivity contribution in [3.63, 3.8) is 0 Å². The molecular formula is C10H17ClO3. The molecule has 0 spiro atoms. The summed E-state index contributed by atoms with van der Waals surface area (Å²) in [5, 5.41) is 0. The van der Waals surface area contributed by atoms with Gasteiger partial charge in [-0.1, -0.05) is 6.92 Å². The number of hydrogen-bond donors (Lipinski definition) is 0. The van der Waals surface area contributed by atoms with Gasteiger partial charge in [0.15, 0.2) is 0 Å². The molecule has 0 N–H and O–H groups in total. The van der Waals surface area contributed by atoms with E-state index in [0.717, 1.165) is 6.42 Å². The molecule has 0 amide bonds. The molecule has 0 unspecified atom stereocenters. The molecule has 0 saturated carbocycles. The van der Waals surface area contributed by atoms with E-state index < -0.39 is 11.4 Å². The van der Waals surface area contributed by atoms with Gasteiger partial charge in [0, 0.05) is 6.42 Å². The van der Waals surface area contributed by atoms with Gasteiger partial charge in [-0.15, -0.1) is 11.6 Å². The van der Waals surface area contributed by atoms with Gasteiger partial charge in [-0.05, 0) is 20.3 Å². The highest BCUT2D eigenvalue weighted by Gasteiger charge is 2.28. The van der Waals surface area contributed by atoms with E-state index in [0.29, 0.717) is 6.42 Å². The number of carbonyl (C=O) groups excluding carboxylic acids is 2. The summed E-state index contributed by atoms with van der Waals surface area (Å²) in [5.41, 5.74) is -0.599. The largest absolute Gasteiger partial charge is 0.464 e. The molecule has 14 heavy (non-hydrogen) atoms. The number of carbonyl (C=O) groups is 2. The molecule has 0 aromatic rings. The molecule has 0 aliphatic rings. The molecule has 0 aromatic heterocycles. The number of ether oxygens (including phenoxy) is 1. The van der Waals surface area contributed by atoms with Gasteiger partial charge in [0.2, 0.25) is 0 Å². The van der Waals surface area contributed by atoms with Crippen molar-refractivity contribution in [1.29, 1.82) is 0 Å². The highest BCUT2D eigenvalue weighted by molar-refractivity contribution is 6.26. The van der Waals surface area contributed by atoms with Gasteiger partial charge in [0.1, 0.15) is 18.3 Å². The van der Waals surface area contributed by atoms with E-state index in [1.54, 1.807) is 13.8 Å². The van der Waals surface area contributed by atoms with Gasteiger partial charge in [-0.3, -0.25) is 9.59 Å². The average Bonchev–Trinajstić information content (AvgIpc) is 2.14. The van der Waals surface area contributed by atoms with E-state index in [-0.39, 0.29) is 18.3 Å². The Morgan fingerprint density at radius 1 is 1.36 bits per heavy atom. The van der Waals surface area contributed by atoms with Crippen LogP contribution >= 0.6 is 11.6 Å². The number of Topliss-reactive ketones (excluding diaryl/α,β-unsaturated/α-hetero) is 1. The molecule has 3 nitrogen and oxygen atoms in total. The fourth-order valence-corrected chi connectivity index (χ4v) is 1.02. The fourth-order valence-electron chi connectivity index (χ4n) is 0.945. The molecule has 4 heteroatoms. The minimum absolute atomic E-state index is 0.109. The van der Waals surface area contributed by atoms with Crippen LogP contribution in [0.25, 0.3) is 0 Å². The van der Waals surface area contributed by atoms with Crippen LogP contribution in [-0.4, -0.2) is 24.2 Å². The Hall–Kier alpha value is -0.570. The van der Waals surface area contributed by atoms with E-state index in [2.05, 4.69) is 0 Å². The maximum absolute atomic E-state index is 11.5. The van der Waals surface area contributed by atoms with Gasteiger partial charge in [-0.2, -0.15) is 0 Å². The predicted octanol–water partition coefficient (Wildman–Crippen LogP) is 2.16. The smallest absolute Gasteiger partial charge is 0.320 e. The number of rotatable bonds is 6. The number of esters is 1. The Balaban J connectivity index is 4.06. The minimum atomic E-state index is -0.599. The zero-order valence-corrected chi connectivity index (χ0v) is 9.69. The standard InChI is InChI=1S/C10H17ClO3/c1-4-5-8(12)10(2,3)7-14-9(13)6-11/h4-7H2,1-3H3. The minimum Gasteiger partial charge on any atom is -0.464 e. The van der Waals surface area contributed by atoms with Crippen LogP contribution in [0.1, 0.15) is 33.6 Å². The Kier molecular flexibility index (Phi) is 5.77. The molecule has 0 atom stereocenters. The first-order valence-corrected chi connectivity index (χ1v) is 5.22. The summed E-state index contributed by atoms with van der Waals surface area (Å²) in [6.07, 6.45) is 1.33. The lowest BCUT2D eigenvalue weighted by atomic mass is 9.87. The van der Waals surface area contributed by atoms with Crippen molar-refractivity contribution in [2.45, 2.75) is 33.6 Å². The van der Waals surface area contributed by atoms with Crippen LogP contribution in [-0.2, 0) is 14.3 Å². The van der Waals surface area contributed by atoms with E-state index in [1.807, 2.05) is 6.92 Å². The summed E-state index contributed by atoms with van der Waals surface area (Å²) in [7, 11) is 0. The summed E-state index contributed by atoms with van der Waals surface area (Å²) in [5.74, 6) is -0.538. The molecule has 0 heterocycles. The monoisotopic (exact) mass is 220 g/mol. The first-order chi connectivity index (χ1) is 6.44. The number of hydrogen-bond acceptors (Lipinski definition) is 3. The van der Waals surface area contributed by atoms with Crippen molar-refractivity contribution in [3.05, 3.63) is 0 Å². The van der Waals surface area contributed by atoms with Crippen LogP contribution < -0.4 is 0 Å². The number of alkyl halides is 1. The van der Waals surface area contributed by atoms with Gasteiger partial charge < -0.3 is 4.74 Å². The topological polar surface area (TPSA) is 43.4 Å². The van der Waals surface area contributed by atoms with Gasteiger partial charge in [-0.25, -0.2) is 0 Å². The third-order valence-electron chi connectivity index (χ3n) is 1.94.